The zero-order chi connectivity index (χ0) is 14.3. The predicted molar refractivity (Wildman–Crippen MR) is 72.6 cm³/mol. The van der Waals surface area contributed by atoms with Crippen LogP contribution in [-0.2, 0) is 20.2 Å². The van der Waals surface area contributed by atoms with Gasteiger partial charge in [0.05, 0.1) is 34.8 Å². The van der Waals surface area contributed by atoms with Crippen LogP contribution in [0.25, 0.3) is 0 Å². The molecule has 1 aliphatic heterocycles. The molecule has 1 N–H and O–H groups in total. The van der Waals surface area contributed by atoms with Crippen LogP contribution in [-0.4, -0.2) is 35.6 Å². The molecule has 1 aromatic heterocycles. The molecule has 1 amide bonds. The van der Waals surface area contributed by atoms with Crippen LogP contribution in [0, 0.1) is 5.92 Å². The van der Waals surface area contributed by atoms with E-state index >= 15 is 0 Å². The van der Waals surface area contributed by atoms with E-state index in [0.717, 1.165) is 0 Å². The summed E-state index contributed by atoms with van der Waals surface area (Å²) in [4.78, 5) is 11.9. The van der Waals surface area contributed by atoms with Crippen molar-refractivity contribution in [2.75, 3.05) is 16.8 Å². The number of rotatable bonds is 2. The lowest BCUT2D eigenvalue weighted by molar-refractivity contribution is -0.119. The van der Waals surface area contributed by atoms with E-state index in [1.54, 1.807) is 17.1 Å². The Balaban J connectivity index is 2.02. The van der Waals surface area contributed by atoms with Crippen LogP contribution >= 0.6 is 0 Å². The molecule has 1 aliphatic rings. The Morgan fingerprint density at radius 2 is 2.16 bits per heavy atom. The molecule has 106 valence electrons. The molecule has 2 heterocycles. The molecule has 0 bridgehead atoms. The quantitative estimate of drug-likeness (QED) is 0.879. The number of nitrogens with zero attached hydrogens (tertiary/aromatic N) is 2. The van der Waals surface area contributed by atoms with Crippen molar-refractivity contribution in [1.82, 2.24) is 9.78 Å². The van der Waals surface area contributed by atoms with Crippen LogP contribution in [0.3, 0.4) is 0 Å². The first-order chi connectivity index (χ1) is 8.67. The second-order valence-corrected chi connectivity index (χ2v) is 8.16. The van der Waals surface area contributed by atoms with Crippen molar-refractivity contribution in [3.8, 4) is 0 Å². The zero-order valence-corrected chi connectivity index (χ0v) is 12.2. The smallest absolute Gasteiger partial charge is 0.228 e. The van der Waals surface area contributed by atoms with E-state index in [1.807, 2.05) is 20.8 Å². The van der Waals surface area contributed by atoms with Crippen molar-refractivity contribution in [3.05, 3.63) is 12.4 Å². The second-order valence-electron chi connectivity index (χ2n) is 5.93. The molecule has 6 nitrogen and oxygen atoms in total. The minimum Gasteiger partial charge on any atom is -0.323 e. The normalized spacial score (nSPS) is 22.4. The highest BCUT2D eigenvalue weighted by Crippen LogP contribution is 2.21. The number of sulfone groups is 1. The first-order valence-electron chi connectivity index (χ1n) is 6.24. The van der Waals surface area contributed by atoms with Gasteiger partial charge in [0.25, 0.3) is 0 Å². The maximum absolute atomic E-state index is 11.9. The molecule has 1 unspecified atom stereocenters. The third-order valence-electron chi connectivity index (χ3n) is 3.14. The summed E-state index contributed by atoms with van der Waals surface area (Å²) in [6.07, 6.45) is 3.73. The zero-order valence-electron chi connectivity index (χ0n) is 11.4. The minimum absolute atomic E-state index is 0.0494. The summed E-state index contributed by atoms with van der Waals surface area (Å²) in [6.45, 7) is 6.03. The number of aromatic nitrogens is 2. The van der Waals surface area contributed by atoms with Gasteiger partial charge >= 0.3 is 0 Å². The van der Waals surface area contributed by atoms with Gasteiger partial charge < -0.3 is 5.32 Å². The van der Waals surface area contributed by atoms with Gasteiger partial charge in [-0.2, -0.15) is 5.10 Å². The second kappa shape index (κ2) is 4.63. The third-order valence-corrected chi connectivity index (χ3v) is 4.91. The van der Waals surface area contributed by atoms with Gasteiger partial charge in [-0.25, -0.2) is 8.42 Å². The van der Waals surface area contributed by atoms with E-state index < -0.39 is 15.8 Å². The van der Waals surface area contributed by atoms with E-state index in [4.69, 9.17) is 0 Å². The average Bonchev–Trinajstić information content (AvgIpc) is 2.83. The molecule has 1 saturated heterocycles. The van der Waals surface area contributed by atoms with Gasteiger partial charge in [0, 0.05) is 6.20 Å². The van der Waals surface area contributed by atoms with E-state index in [-0.39, 0.29) is 23.0 Å². The Morgan fingerprint density at radius 1 is 1.47 bits per heavy atom. The van der Waals surface area contributed by atoms with E-state index in [9.17, 15) is 13.2 Å². The highest BCUT2D eigenvalue weighted by molar-refractivity contribution is 7.91. The number of hydrogen-bond acceptors (Lipinski definition) is 4. The fourth-order valence-electron chi connectivity index (χ4n) is 2.00. The molecule has 1 atom stereocenters. The lowest BCUT2D eigenvalue weighted by Gasteiger charge is -2.18. The third kappa shape index (κ3) is 3.34. The first-order valence-corrected chi connectivity index (χ1v) is 8.06. The van der Waals surface area contributed by atoms with Crippen LogP contribution in [0.5, 0.6) is 0 Å². The minimum atomic E-state index is -3.03. The topological polar surface area (TPSA) is 81.1 Å². The van der Waals surface area contributed by atoms with E-state index in [0.29, 0.717) is 12.1 Å². The van der Waals surface area contributed by atoms with Crippen molar-refractivity contribution in [2.45, 2.75) is 32.7 Å². The van der Waals surface area contributed by atoms with Crippen LogP contribution in [0.2, 0.25) is 0 Å². The van der Waals surface area contributed by atoms with Gasteiger partial charge in [-0.3, -0.25) is 9.48 Å². The summed E-state index contributed by atoms with van der Waals surface area (Å²) in [5, 5.41) is 6.91. The van der Waals surface area contributed by atoms with Crippen molar-refractivity contribution < 1.29 is 13.2 Å². The summed E-state index contributed by atoms with van der Waals surface area (Å²) < 4.78 is 24.4. The Morgan fingerprint density at radius 3 is 2.63 bits per heavy atom. The number of anilines is 1. The van der Waals surface area contributed by atoms with Crippen molar-refractivity contribution >= 4 is 21.4 Å². The lowest BCUT2D eigenvalue weighted by atomic mass is 10.1. The fraction of sp³-hybridized carbons (Fsp3) is 0.667. The van der Waals surface area contributed by atoms with Crippen LogP contribution in [0.4, 0.5) is 5.69 Å². The van der Waals surface area contributed by atoms with Crippen molar-refractivity contribution in [2.24, 2.45) is 5.92 Å². The molecule has 1 fully saturated rings. The number of carbonyl (C=O) groups is 1. The molecular formula is C12H19N3O3S. The summed E-state index contributed by atoms with van der Waals surface area (Å²) in [5.74, 6) is -0.629. The monoisotopic (exact) mass is 285 g/mol. The number of carbonyl (C=O) groups excluding carboxylic acids is 1. The summed E-state index contributed by atoms with van der Waals surface area (Å²) in [7, 11) is -3.03. The SMILES string of the molecule is CC(C)(C)n1cc(NC(=O)C2CCS(=O)(=O)C2)cn1. The largest absolute Gasteiger partial charge is 0.323 e. The molecule has 2 rings (SSSR count). The Labute approximate surface area is 113 Å². The molecule has 0 aliphatic carbocycles. The summed E-state index contributed by atoms with van der Waals surface area (Å²) >= 11 is 0. The van der Waals surface area contributed by atoms with Crippen LogP contribution in [0.15, 0.2) is 12.4 Å². The average molecular weight is 285 g/mol. The van der Waals surface area contributed by atoms with Gasteiger partial charge in [-0.15, -0.1) is 0 Å². The molecule has 19 heavy (non-hydrogen) atoms. The van der Waals surface area contributed by atoms with Crippen molar-refractivity contribution in [3.63, 3.8) is 0 Å². The Hall–Kier alpha value is -1.37. The molecule has 0 aromatic carbocycles. The maximum atomic E-state index is 11.9. The number of hydrogen-bond donors (Lipinski definition) is 1. The maximum Gasteiger partial charge on any atom is 0.228 e. The van der Waals surface area contributed by atoms with Crippen molar-refractivity contribution in [1.29, 1.82) is 0 Å². The first kappa shape index (κ1) is 14.0. The Bertz CT molecular complexity index is 584. The Kier molecular flexibility index (Phi) is 3.42. The summed E-state index contributed by atoms with van der Waals surface area (Å²) in [6, 6.07) is 0. The predicted octanol–water partition coefficient (Wildman–Crippen LogP) is 1.01. The fourth-order valence-corrected chi connectivity index (χ4v) is 3.74. The molecule has 0 spiro atoms. The highest BCUT2D eigenvalue weighted by atomic mass is 32.2. The van der Waals surface area contributed by atoms with Gasteiger partial charge in [-0.05, 0) is 27.2 Å². The van der Waals surface area contributed by atoms with Gasteiger partial charge in [0.2, 0.25) is 5.91 Å². The molecular weight excluding hydrogens is 266 g/mol. The van der Waals surface area contributed by atoms with E-state index in [2.05, 4.69) is 10.4 Å². The number of amides is 1. The van der Waals surface area contributed by atoms with Gasteiger partial charge in [0.1, 0.15) is 0 Å². The molecule has 7 heteroatoms. The lowest BCUT2D eigenvalue weighted by Crippen LogP contribution is -2.24. The molecule has 0 saturated carbocycles. The number of nitrogens with one attached hydrogen (secondary N) is 1. The molecule has 1 aromatic rings. The van der Waals surface area contributed by atoms with Crippen LogP contribution in [0.1, 0.15) is 27.2 Å². The molecule has 0 radical (unpaired) electrons. The van der Waals surface area contributed by atoms with Crippen LogP contribution < -0.4 is 5.32 Å². The highest BCUT2D eigenvalue weighted by Gasteiger charge is 2.33. The van der Waals surface area contributed by atoms with Gasteiger partial charge in [0.15, 0.2) is 9.84 Å². The van der Waals surface area contributed by atoms with Gasteiger partial charge in [-0.1, -0.05) is 0 Å². The standard InChI is InChI=1S/C12H19N3O3S/c1-12(2,3)15-7-10(6-13-15)14-11(16)9-4-5-19(17,18)8-9/h6-7,9H,4-5,8H2,1-3H3,(H,14,16). The summed E-state index contributed by atoms with van der Waals surface area (Å²) in [5.41, 5.74) is 0.448. The van der Waals surface area contributed by atoms with E-state index in [1.165, 1.54) is 0 Å².